The summed E-state index contributed by atoms with van der Waals surface area (Å²) in [5.74, 6) is 0.736. The molecule has 3 aromatic carbocycles. The van der Waals surface area contributed by atoms with Crippen LogP contribution in [0.5, 0.6) is 0 Å². The molecule has 0 bridgehead atoms. The van der Waals surface area contributed by atoms with Crippen molar-refractivity contribution in [3.8, 4) is 11.1 Å². The predicted octanol–water partition coefficient (Wildman–Crippen LogP) is 5.88. The molecule has 33 heavy (non-hydrogen) atoms. The highest BCUT2D eigenvalue weighted by Gasteiger charge is 2.46. The van der Waals surface area contributed by atoms with Crippen molar-refractivity contribution < 1.29 is 14.7 Å². The molecule has 0 aromatic heterocycles. The van der Waals surface area contributed by atoms with Gasteiger partial charge >= 0.3 is 6.09 Å². The Morgan fingerprint density at radius 1 is 0.879 bits per heavy atom. The molecule has 5 rings (SSSR count). The standard InChI is InChI=1S/C28H28N2O3/c1-29(27(31)23-11-9-21(10-12-23)20-5-3-2-4-6-20)24-15-13-22(14-16-24)25-17-26(25)30(28(32)33)18-19-7-8-19/h2-6,9-16,19,25-26H,7-8,17-18H2,1H3,(H,32,33)/t25-,26+/m0/s1. The van der Waals surface area contributed by atoms with Gasteiger partial charge in [0.05, 0.1) is 0 Å². The molecule has 2 fully saturated rings. The van der Waals surface area contributed by atoms with Crippen LogP contribution in [0.25, 0.3) is 11.1 Å². The lowest BCUT2D eigenvalue weighted by atomic mass is 10.0. The Balaban J connectivity index is 1.24. The molecule has 5 nitrogen and oxygen atoms in total. The maximum absolute atomic E-state index is 13.0. The summed E-state index contributed by atoms with van der Waals surface area (Å²) < 4.78 is 0. The van der Waals surface area contributed by atoms with E-state index in [-0.39, 0.29) is 17.9 Å². The van der Waals surface area contributed by atoms with E-state index in [0.29, 0.717) is 18.0 Å². The molecule has 2 amide bonds. The number of carbonyl (C=O) groups excluding carboxylic acids is 1. The summed E-state index contributed by atoms with van der Waals surface area (Å²) in [5.41, 5.74) is 4.80. The number of carbonyl (C=O) groups is 2. The zero-order valence-corrected chi connectivity index (χ0v) is 18.7. The summed E-state index contributed by atoms with van der Waals surface area (Å²) in [6.07, 6.45) is 2.35. The highest BCUT2D eigenvalue weighted by atomic mass is 16.4. The first kappa shape index (κ1) is 21.3. The van der Waals surface area contributed by atoms with Gasteiger partial charge in [-0.15, -0.1) is 0 Å². The van der Waals surface area contributed by atoms with Crippen LogP contribution in [0.3, 0.4) is 0 Å². The van der Waals surface area contributed by atoms with Crippen LogP contribution in [-0.2, 0) is 0 Å². The van der Waals surface area contributed by atoms with E-state index in [1.807, 2.05) is 66.7 Å². The molecule has 0 heterocycles. The second kappa shape index (κ2) is 8.74. The zero-order valence-electron chi connectivity index (χ0n) is 18.7. The molecule has 2 atom stereocenters. The first-order valence-corrected chi connectivity index (χ1v) is 11.5. The van der Waals surface area contributed by atoms with E-state index in [4.69, 9.17) is 0 Å². The lowest BCUT2D eigenvalue weighted by Crippen LogP contribution is -2.34. The number of nitrogens with zero attached hydrogens (tertiary/aromatic N) is 2. The molecule has 0 radical (unpaired) electrons. The Hall–Kier alpha value is -3.60. The molecule has 2 aliphatic rings. The van der Waals surface area contributed by atoms with Crippen LogP contribution in [0.1, 0.15) is 41.1 Å². The number of hydrogen-bond acceptors (Lipinski definition) is 2. The Bertz CT molecular complexity index is 1140. The largest absolute Gasteiger partial charge is 0.465 e. The lowest BCUT2D eigenvalue weighted by molar-refractivity contribution is 0.0993. The van der Waals surface area contributed by atoms with Gasteiger partial charge in [-0.1, -0.05) is 54.6 Å². The van der Waals surface area contributed by atoms with Gasteiger partial charge in [0.25, 0.3) is 5.91 Å². The highest BCUT2D eigenvalue weighted by molar-refractivity contribution is 6.05. The predicted molar refractivity (Wildman–Crippen MR) is 130 cm³/mol. The molecule has 2 saturated carbocycles. The molecule has 3 aromatic rings. The van der Waals surface area contributed by atoms with Gasteiger partial charge in [-0.25, -0.2) is 4.79 Å². The second-order valence-corrected chi connectivity index (χ2v) is 9.19. The van der Waals surface area contributed by atoms with Gasteiger partial charge in [-0.3, -0.25) is 4.79 Å². The fraction of sp³-hybridized carbons (Fsp3) is 0.286. The van der Waals surface area contributed by atoms with Crippen LogP contribution in [-0.4, -0.2) is 41.6 Å². The maximum atomic E-state index is 13.0. The summed E-state index contributed by atoms with van der Waals surface area (Å²) >= 11 is 0. The molecule has 0 unspecified atom stereocenters. The van der Waals surface area contributed by atoms with Crippen molar-refractivity contribution in [1.29, 1.82) is 0 Å². The van der Waals surface area contributed by atoms with Crippen LogP contribution in [0.2, 0.25) is 0 Å². The van der Waals surface area contributed by atoms with E-state index < -0.39 is 6.09 Å². The van der Waals surface area contributed by atoms with Crippen LogP contribution < -0.4 is 4.90 Å². The van der Waals surface area contributed by atoms with E-state index >= 15 is 0 Å². The number of hydrogen-bond donors (Lipinski definition) is 1. The van der Waals surface area contributed by atoms with Crippen LogP contribution in [0.4, 0.5) is 10.5 Å². The molecule has 5 heteroatoms. The molecule has 2 aliphatic carbocycles. The highest BCUT2D eigenvalue weighted by Crippen LogP contribution is 2.46. The van der Waals surface area contributed by atoms with Crippen LogP contribution in [0.15, 0.2) is 78.9 Å². The maximum Gasteiger partial charge on any atom is 0.407 e. The monoisotopic (exact) mass is 440 g/mol. The van der Waals surface area contributed by atoms with Crippen molar-refractivity contribution in [1.82, 2.24) is 4.90 Å². The third-order valence-corrected chi connectivity index (χ3v) is 6.81. The number of amides is 2. The quantitative estimate of drug-likeness (QED) is 0.499. The van der Waals surface area contributed by atoms with Crippen molar-refractivity contribution in [2.75, 3.05) is 18.5 Å². The minimum Gasteiger partial charge on any atom is -0.465 e. The lowest BCUT2D eigenvalue weighted by Gasteiger charge is -2.20. The van der Waals surface area contributed by atoms with Gasteiger partial charge in [0.2, 0.25) is 0 Å². The first-order chi connectivity index (χ1) is 16.0. The summed E-state index contributed by atoms with van der Waals surface area (Å²) in [6, 6.07) is 25.8. The van der Waals surface area contributed by atoms with Crippen molar-refractivity contribution in [3.63, 3.8) is 0 Å². The SMILES string of the molecule is CN(C(=O)c1ccc(-c2ccccc2)cc1)c1ccc([C@@H]2C[C@H]2N(CC2CC2)C(=O)O)cc1. The summed E-state index contributed by atoms with van der Waals surface area (Å²) in [5, 5.41) is 9.57. The second-order valence-electron chi connectivity index (χ2n) is 9.19. The fourth-order valence-corrected chi connectivity index (χ4v) is 4.51. The van der Waals surface area contributed by atoms with Gasteiger partial charge in [0.1, 0.15) is 0 Å². The van der Waals surface area contributed by atoms with E-state index in [1.165, 1.54) is 0 Å². The number of anilines is 1. The van der Waals surface area contributed by atoms with Crippen molar-refractivity contribution in [2.24, 2.45) is 5.92 Å². The third kappa shape index (κ3) is 4.63. The topological polar surface area (TPSA) is 60.9 Å². The van der Waals surface area contributed by atoms with Crippen molar-refractivity contribution >= 4 is 17.7 Å². The third-order valence-electron chi connectivity index (χ3n) is 6.81. The van der Waals surface area contributed by atoms with Gasteiger partial charge in [-0.05, 0) is 66.1 Å². The number of rotatable bonds is 7. The number of carboxylic acid groups (broad SMARTS) is 1. The van der Waals surface area contributed by atoms with Crippen molar-refractivity contribution in [3.05, 3.63) is 90.0 Å². The minimum absolute atomic E-state index is 0.0619. The first-order valence-electron chi connectivity index (χ1n) is 11.5. The van der Waals surface area contributed by atoms with E-state index in [9.17, 15) is 14.7 Å². The summed E-state index contributed by atoms with van der Waals surface area (Å²) in [4.78, 5) is 27.9. The summed E-state index contributed by atoms with van der Waals surface area (Å²) in [7, 11) is 1.78. The molecular weight excluding hydrogens is 412 g/mol. The Kier molecular flexibility index (Phi) is 5.63. The van der Waals surface area contributed by atoms with Gasteiger partial charge in [0, 0.05) is 36.8 Å². The van der Waals surface area contributed by atoms with E-state index in [2.05, 4.69) is 12.1 Å². The average molecular weight is 441 g/mol. The zero-order chi connectivity index (χ0) is 22.9. The average Bonchev–Trinajstić information content (AvgIpc) is 3.78. The van der Waals surface area contributed by atoms with E-state index in [0.717, 1.165) is 41.6 Å². The van der Waals surface area contributed by atoms with Crippen LogP contribution >= 0.6 is 0 Å². The van der Waals surface area contributed by atoms with Gasteiger partial charge < -0.3 is 14.9 Å². The normalized spacial score (nSPS) is 19.1. The number of benzene rings is 3. The molecule has 0 spiro atoms. The summed E-state index contributed by atoms with van der Waals surface area (Å²) in [6.45, 7) is 0.662. The Labute approximate surface area is 194 Å². The fourth-order valence-electron chi connectivity index (χ4n) is 4.51. The minimum atomic E-state index is -0.811. The Morgan fingerprint density at radius 2 is 1.52 bits per heavy atom. The van der Waals surface area contributed by atoms with Crippen molar-refractivity contribution in [2.45, 2.75) is 31.2 Å². The molecule has 0 aliphatic heterocycles. The van der Waals surface area contributed by atoms with Crippen LogP contribution in [0, 0.1) is 5.92 Å². The smallest absolute Gasteiger partial charge is 0.407 e. The molecule has 1 N–H and O–H groups in total. The van der Waals surface area contributed by atoms with Gasteiger partial charge in [-0.2, -0.15) is 0 Å². The van der Waals surface area contributed by atoms with E-state index in [1.54, 1.807) is 16.8 Å². The molecule has 0 saturated heterocycles. The Morgan fingerprint density at radius 3 is 2.12 bits per heavy atom. The molecule has 168 valence electrons. The molecular formula is C28H28N2O3. The van der Waals surface area contributed by atoms with Gasteiger partial charge in [0.15, 0.2) is 0 Å².